The molecule has 0 aromatic heterocycles. The smallest absolute Gasteiger partial charge is 0.407 e. The van der Waals surface area contributed by atoms with Crippen molar-refractivity contribution in [3.05, 3.63) is 130 Å². The summed E-state index contributed by atoms with van der Waals surface area (Å²) in [5.74, 6) is -2.26. The van der Waals surface area contributed by atoms with Crippen LogP contribution in [0, 0.1) is 12.8 Å². The second-order valence-corrected chi connectivity index (χ2v) is 15.6. The van der Waals surface area contributed by atoms with Gasteiger partial charge >= 0.3 is 6.09 Å². The SMILES string of the molecule is Cc1c(COCNC(=O)CNC(=O)[C@H](Cc2ccccc2)NC(=O)CNC(=O)CNC(=O)OCc2ccccc2)ccc2c1NC(=O)[C@]2(c1ccc(O)cc1)C1CCCCCC1. The van der Waals surface area contributed by atoms with Crippen LogP contribution in [0.2, 0.25) is 0 Å². The van der Waals surface area contributed by atoms with E-state index in [0.717, 1.165) is 77.6 Å². The average molecular weight is 847 g/mol. The van der Waals surface area contributed by atoms with Crippen molar-refractivity contribution in [2.24, 2.45) is 5.92 Å². The molecule has 7 N–H and O–H groups in total. The summed E-state index contributed by atoms with van der Waals surface area (Å²) in [4.78, 5) is 77.3. The molecule has 1 aliphatic carbocycles. The highest BCUT2D eigenvalue weighted by atomic mass is 16.5. The third kappa shape index (κ3) is 11.5. The molecular formula is C47H54N6O9. The molecule has 1 heterocycles. The Hall–Kier alpha value is -6.74. The number of carbonyl (C=O) groups excluding carboxylic acids is 6. The third-order valence-corrected chi connectivity index (χ3v) is 11.4. The maximum absolute atomic E-state index is 14.2. The average Bonchev–Trinajstić information content (AvgIpc) is 3.39. The van der Waals surface area contributed by atoms with Crippen LogP contribution in [0.4, 0.5) is 10.5 Å². The Kier molecular flexibility index (Phi) is 15.7. The lowest BCUT2D eigenvalue weighted by Gasteiger charge is -2.36. The van der Waals surface area contributed by atoms with E-state index in [-0.39, 0.29) is 43.9 Å². The number of nitrogens with one attached hydrogen (secondary N) is 6. The van der Waals surface area contributed by atoms with Gasteiger partial charge in [0.2, 0.25) is 29.5 Å². The molecule has 0 bridgehead atoms. The number of ether oxygens (including phenoxy) is 2. The van der Waals surface area contributed by atoms with Gasteiger partial charge in [0.1, 0.15) is 37.1 Å². The van der Waals surface area contributed by atoms with Crippen LogP contribution in [0.15, 0.2) is 97.1 Å². The molecule has 15 nitrogen and oxygen atoms in total. The van der Waals surface area contributed by atoms with Crippen molar-refractivity contribution >= 4 is 41.3 Å². The summed E-state index contributed by atoms with van der Waals surface area (Å²) < 4.78 is 10.9. The van der Waals surface area contributed by atoms with E-state index in [9.17, 15) is 33.9 Å². The molecule has 2 atom stereocenters. The van der Waals surface area contributed by atoms with Crippen LogP contribution in [0.3, 0.4) is 0 Å². The van der Waals surface area contributed by atoms with E-state index >= 15 is 0 Å². The van der Waals surface area contributed by atoms with Gasteiger partial charge in [-0.3, -0.25) is 24.0 Å². The van der Waals surface area contributed by atoms with Gasteiger partial charge in [0, 0.05) is 12.1 Å². The van der Waals surface area contributed by atoms with Gasteiger partial charge < -0.3 is 46.5 Å². The molecule has 1 saturated carbocycles. The molecular weight excluding hydrogens is 793 g/mol. The molecule has 6 rings (SSSR count). The summed E-state index contributed by atoms with van der Waals surface area (Å²) in [5.41, 5.74) is 4.89. The molecule has 1 fully saturated rings. The Labute approximate surface area is 360 Å². The minimum absolute atomic E-state index is 0.0290. The van der Waals surface area contributed by atoms with Gasteiger partial charge in [-0.25, -0.2) is 4.79 Å². The first-order valence-corrected chi connectivity index (χ1v) is 20.9. The summed E-state index contributed by atoms with van der Waals surface area (Å²) >= 11 is 0. The largest absolute Gasteiger partial charge is 0.508 e. The van der Waals surface area contributed by atoms with Crippen molar-refractivity contribution < 1.29 is 43.3 Å². The van der Waals surface area contributed by atoms with Gasteiger partial charge in [-0.1, -0.05) is 111 Å². The molecule has 0 spiro atoms. The third-order valence-electron chi connectivity index (χ3n) is 11.4. The van der Waals surface area contributed by atoms with E-state index < -0.39 is 60.8 Å². The van der Waals surface area contributed by atoms with Gasteiger partial charge in [0.25, 0.3) is 0 Å². The molecule has 0 saturated heterocycles. The van der Waals surface area contributed by atoms with Crippen LogP contribution >= 0.6 is 0 Å². The number of aromatic hydroxyl groups is 1. The first-order chi connectivity index (χ1) is 30.0. The van der Waals surface area contributed by atoms with Crippen molar-refractivity contribution in [2.45, 2.75) is 76.5 Å². The maximum Gasteiger partial charge on any atom is 0.407 e. The molecule has 0 radical (unpaired) electrons. The van der Waals surface area contributed by atoms with Crippen LogP contribution in [0.25, 0.3) is 0 Å². The zero-order valence-corrected chi connectivity index (χ0v) is 34.8. The summed E-state index contributed by atoms with van der Waals surface area (Å²) in [6.07, 6.45) is 5.56. The van der Waals surface area contributed by atoms with Gasteiger partial charge in [-0.15, -0.1) is 0 Å². The minimum atomic E-state index is -1.07. The van der Waals surface area contributed by atoms with Crippen LogP contribution < -0.4 is 31.9 Å². The second kappa shape index (κ2) is 21.7. The van der Waals surface area contributed by atoms with E-state index in [4.69, 9.17) is 9.47 Å². The van der Waals surface area contributed by atoms with Crippen LogP contribution in [0.5, 0.6) is 5.75 Å². The Balaban J connectivity index is 0.974. The van der Waals surface area contributed by atoms with E-state index in [1.165, 1.54) is 0 Å². The fourth-order valence-electron chi connectivity index (χ4n) is 8.22. The van der Waals surface area contributed by atoms with E-state index in [1.54, 1.807) is 48.5 Å². The number of carbonyl (C=O) groups is 6. The predicted molar refractivity (Wildman–Crippen MR) is 230 cm³/mol. The number of benzene rings is 4. The topological polar surface area (TPSA) is 213 Å². The first-order valence-electron chi connectivity index (χ1n) is 20.9. The van der Waals surface area contributed by atoms with Crippen molar-refractivity contribution in [1.82, 2.24) is 26.6 Å². The van der Waals surface area contributed by atoms with Crippen LogP contribution in [-0.4, -0.2) is 73.1 Å². The van der Waals surface area contributed by atoms with Gasteiger partial charge in [-0.2, -0.15) is 0 Å². The number of anilines is 1. The Bertz CT molecular complexity index is 2190. The summed E-state index contributed by atoms with van der Waals surface area (Å²) in [5, 5.41) is 25.8. The maximum atomic E-state index is 14.2. The number of rotatable bonds is 18. The van der Waals surface area contributed by atoms with E-state index in [2.05, 4.69) is 31.9 Å². The number of amides is 6. The molecule has 326 valence electrons. The van der Waals surface area contributed by atoms with E-state index in [1.807, 2.05) is 55.5 Å². The summed E-state index contributed by atoms with van der Waals surface area (Å²) in [7, 11) is 0. The number of fused-ring (bicyclic) bond motifs is 1. The lowest BCUT2D eigenvalue weighted by atomic mass is 9.63. The highest BCUT2D eigenvalue weighted by Gasteiger charge is 2.53. The predicted octanol–water partition coefficient (Wildman–Crippen LogP) is 4.39. The van der Waals surface area contributed by atoms with Crippen molar-refractivity contribution in [1.29, 1.82) is 0 Å². The van der Waals surface area contributed by atoms with Crippen LogP contribution in [-0.2, 0) is 58.5 Å². The summed E-state index contributed by atoms with van der Waals surface area (Å²) in [6, 6.07) is 27.9. The number of hydrogen-bond acceptors (Lipinski definition) is 9. The number of phenolic OH excluding ortho intramolecular Hbond substituents is 1. The molecule has 0 unspecified atom stereocenters. The lowest BCUT2D eigenvalue weighted by molar-refractivity contribution is -0.131. The first kappa shape index (κ1) is 44.8. The molecule has 1 aliphatic heterocycles. The monoisotopic (exact) mass is 846 g/mol. The normalized spacial score (nSPS) is 16.4. The lowest BCUT2D eigenvalue weighted by Crippen LogP contribution is -2.52. The Morgan fingerprint density at radius 2 is 1.35 bits per heavy atom. The molecule has 4 aromatic carbocycles. The molecule has 15 heteroatoms. The van der Waals surface area contributed by atoms with Crippen molar-refractivity contribution in [3.8, 4) is 5.75 Å². The summed E-state index contributed by atoms with van der Waals surface area (Å²) in [6.45, 7) is 0.675. The standard InChI is InChI=1S/C47H54N6O9/c1-31-34(18-23-38-43(31)53-45(59)47(38,35-16-10-2-3-11-17-35)36-19-21-37(54)22-20-36)29-61-30-51-41(56)25-49-44(58)39(24-32-12-6-4-7-13-32)52-42(57)27-48-40(55)26-50-46(60)62-28-33-14-8-5-9-15-33/h4-9,12-15,18-23,35,39,54H,2-3,10-11,16-17,24-30H2,1H3,(H,48,55)(H,49,58)(H,50,60)(H,51,56)(H,52,57)(H,53,59)/t39-,47-/m0/s1. The fraction of sp³-hybridized carbons (Fsp3) is 0.362. The number of alkyl carbamates (subject to hydrolysis) is 1. The Morgan fingerprint density at radius 1 is 0.726 bits per heavy atom. The highest BCUT2D eigenvalue weighted by Crippen LogP contribution is 2.53. The van der Waals surface area contributed by atoms with E-state index in [0.29, 0.717) is 0 Å². The molecule has 4 aromatic rings. The van der Waals surface area contributed by atoms with Gasteiger partial charge in [-0.05, 0) is 71.2 Å². The second-order valence-electron chi connectivity index (χ2n) is 15.6. The van der Waals surface area contributed by atoms with Gasteiger partial charge in [0.05, 0.1) is 19.7 Å². The Morgan fingerprint density at radius 3 is 2.05 bits per heavy atom. The zero-order chi connectivity index (χ0) is 43.9. The fourth-order valence-corrected chi connectivity index (χ4v) is 8.22. The quantitative estimate of drug-likeness (QED) is 0.0430. The molecule has 2 aliphatic rings. The van der Waals surface area contributed by atoms with Gasteiger partial charge in [0.15, 0.2) is 0 Å². The van der Waals surface area contributed by atoms with Crippen molar-refractivity contribution in [2.75, 3.05) is 31.7 Å². The minimum Gasteiger partial charge on any atom is -0.508 e. The number of hydrogen-bond donors (Lipinski definition) is 7. The number of phenols is 1. The zero-order valence-electron chi connectivity index (χ0n) is 34.8. The van der Waals surface area contributed by atoms with Crippen LogP contribution in [0.1, 0.15) is 71.9 Å². The highest BCUT2D eigenvalue weighted by molar-refractivity contribution is 6.10. The molecule has 6 amide bonds. The van der Waals surface area contributed by atoms with Crippen molar-refractivity contribution in [3.63, 3.8) is 0 Å². The molecule has 62 heavy (non-hydrogen) atoms.